The lowest BCUT2D eigenvalue weighted by atomic mass is 10.2. The molecule has 1 heterocycles. The summed E-state index contributed by atoms with van der Waals surface area (Å²) in [5.41, 5.74) is 3.23. The molecule has 0 aliphatic heterocycles. The summed E-state index contributed by atoms with van der Waals surface area (Å²) in [6.45, 7) is 0. The predicted octanol–water partition coefficient (Wildman–Crippen LogP) is 5.80. The highest BCUT2D eigenvalue weighted by atomic mass is 35.5. The summed E-state index contributed by atoms with van der Waals surface area (Å²) >= 11 is 5.85. The number of hydrogen-bond donors (Lipinski definition) is 2. The van der Waals surface area contributed by atoms with Crippen LogP contribution in [0.2, 0.25) is 5.02 Å². The first-order valence-corrected chi connectivity index (χ1v) is 8.88. The standard InChI is InChI=1S/C21H16ClN3O3/c1-27-18-5-3-2-4-16(18)20-25-17-11-10-15(12-19(17)28-20)24-21(26)23-14-8-6-13(22)7-9-14/h2-12H,1H3,(H2,23,24,26). The molecular formula is C21H16ClN3O3. The molecule has 0 unspecified atom stereocenters. The molecule has 2 amide bonds. The molecule has 0 atom stereocenters. The summed E-state index contributed by atoms with van der Waals surface area (Å²) in [6, 6.07) is 19.3. The van der Waals surface area contributed by atoms with Gasteiger partial charge in [0.1, 0.15) is 11.3 Å². The molecule has 0 aliphatic rings. The van der Waals surface area contributed by atoms with Gasteiger partial charge in [-0.1, -0.05) is 23.7 Å². The Morgan fingerprint density at radius 2 is 1.71 bits per heavy atom. The van der Waals surface area contributed by atoms with E-state index in [0.717, 1.165) is 5.56 Å². The lowest BCUT2D eigenvalue weighted by Gasteiger charge is -2.07. The van der Waals surface area contributed by atoms with E-state index in [4.69, 9.17) is 20.8 Å². The van der Waals surface area contributed by atoms with Crippen LogP contribution in [0.15, 0.2) is 71.1 Å². The number of aromatic nitrogens is 1. The summed E-state index contributed by atoms with van der Waals surface area (Å²) in [4.78, 5) is 16.7. The highest BCUT2D eigenvalue weighted by molar-refractivity contribution is 6.30. The lowest BCUT2D eigenvalue weighted by molar-refractivity contribution is 0.262. The summed E-state index contributed by atoms with van der Waals surface area (Å²) in [7, 11) is 1.60. The molecule has 0 radical (unpaired) electrons. The smallest absolute Gasteiger partial charge is 0.323 e. The Morgan fingerprint density at radius 1 is 1.00 bits per heavy atom. The van der Waals surface area contributed by atoms with E-state index in [0.29, 0.717) is 39.1 Å². The zero-order valence-corrected chi connectivity index (χ0v) is 15.7. The highest BCUT2D eigenvalue weighted by Crippen LogP contribution is 2.32. The fourth-order valence-corrected chi connectivity index (χ4v) is 2.89. The van der Waals surface area contributed by atoms with Gasteiger partial charge in [-0.2, -0.15) is 0 Å². The normalized spacial score (nSPS) is 10.6. The Bertz CT molecular complexity index is 1140. The molecular weight excluding hydrogens is 378 g/mol. The van der Waals surface area contributed by atoms with Gasteiger partial charge < -0.3 is 19.8 Å². The number of hydrogen-bond acceptors (Lipinski definition) is 4. The van der Waals surface area contributed by atoms with Gasteiger partial charge in [0.15, 0.2) is 5.58 Å². The number of anilines is 2. The van der Waals surface area contributed by atoms with E-state index in [-0.39, 0.29) is 6.03 Å². The van der Waals surface area contributed by atoms with Crippen molar-refractivity contribution < 1.29 is 13.9 Å². The fraction of sp³-hybridized carbons (Fsp3) is 0.0476. The third-order valence-electron chi connectivity index (χ3n) is 4.09. The van der Waals surface area contributed by atoms with Gasteiger partial charge >= 0.3 is 6.03 Å². The largest absolute Gasteiger partial charge is 0.496 e. The van der Waals surface area contributed by atoms with Crippen LogP contribution in [0.5, 0.6) is 5.75 Å². The van der Waals surface area contributed by atoms with Crippen LogP contribution in [0.4, 0.5) is 16.2 Å². The summed E-state index contributed by atoms with van der Waals surface area (Å²) in [5, 5.41) is 6.12. The maximum Gasteiger partial charge on any atom is 0.323 e. The third-order valence-corrected chi connectivity index (χ3v) is 4.34. The van der Waals surface area contributed by atoms with Crippen LogP contribution in [0.25, 0.3) is 22.6 Å². The minimum Gasteiger partial charge on any atom is -0.496 e. The molecule has 2 N–H and O–H groups in total. The number of benzene rings is 3. The first kappa shape index (κ1) is 17.9. The quantitative estimate of drug-likeness (QED) is 0.459. The van der Waals surface area contributed by atoms with Crippen LogP contribution in [-0.4, -0.2) is 18.1 Å². The Labute approximate surface area is 166 Å². The number of nitrogens with zero attached hydrogens (tertiary/aromatic N) is 1. The second-order valence-corrected chi connectivity index (χ2v) is 6.42. The molecule has 0 aliphatic carbocycles. The average molecular weight is 394 g/mol. The Kier molecular flexibility index (Phi) is 4.87. The number of ether oxygens (including phenoxy) is 1. The maximum atomic E-state index is 12.2. The molecule has 4 rings (SSSR count). The zero-order valence-electron chi connectivity index (χ0n) is 14.9. The lowest BCUT2D eigenvalue weighted by Crippen LogP contribution is -2.19. The van der Waals surface area contributed by atoms with Crippen molar-refractivity contribution in [2.45, 2.75) is 0 Å². The number of amides is 2. The van der Waals surface area contributed by atoms with Crippen LogP contribution in [0.3, 0.4) is 0 Å². The molecule has 0 fully saturated rings. The Hall–Kier alpha value is -3.51. The molecule has 0 saturated carbocycles. The van der Waals surface area contributed by atoms with Gasteiger partial charge in [-0.3, -0.25) is 0 Å². The van der Waals surface area contributed by atoms with E-state index in [1.54, 1.807) is 49.6 Å². The van der Waals surface area contributed by atoms with Crippen molar-refractivity contribution in [2.24, 2.45) is 0 Å². The number of methoxy groups -OCH3 is 1. The summed E-state index contributed by atoms with van der Waals surface area (Å²) < 4.78 is 11.2. The third kappa shape index (κ3) is 3.77. The van der Waals surface area contributed by atoms with Crippen molar-refractivity contribution in [1.29, 1.82) is 0 Å². The summed E-state index contributed by atoms with van der Waals surface area (Å²) in [5.74, 6) is 1.13. The van der Waals surface area contributed by atoms with Gasteiger partial charge in [0.2, 0.25) is 5.89 Å². The first-order chi connectivity index (χ1) is 13.6. The second-order valence-electron chi connectivity index (χ2n) is 5.99. The van der Waals surface area contributed by atoms with Crippen LogP contribution in [0.1, 0.15) is 0 Å². The SMILES string of the molecule is COc1ccccc1-c1nc2ccc(NC(=O)Nc3ccc(Cl)cc3)cc2o1. The minimum absolute atomic E-state index is 0.369. The van der Waals surface area contributed by atoms with Crippen molar-refractivity contribution in [1.82, 2.24) is 4.98 Å². The molecule has 6 nitrogen and oxygen atoms in total. The fourth-order valence-electron chi connectivity index (χ4n) is 2.77. The van der Waals surface area contributed by atoms with Gasteiger partial charge in [-0.15, -0.1) is 0 Å². The number of oxazole rings is 1. The van der Waals surface area contributed by atoms with Gasteiger partial charge in [0.25, 0.3) is 0 Å². The molecule has 4 aromatic rings. The van der Waals surface area contributed by atoms with E-state index in [2.05, 4.69) is 15.6 Å². The molecule has 28 heavy (non-hydrogen) atoms. The number of nitrogens with one attached hydrogen (secondary N) is 2. The number of halogens is 1. The Morgan fingerprint density at radius 3 is 2.50 bits per heavy atom. The molecule has 0 saturated heterocycles. The van der Waals surface area contributed by atoms with E-state index >= 15 is 0 Å². The highest BCUT2D eigenvalue weighted by Gasteiger charge is 2.13. The molecule has 1 aromatic heterocycles. The zero-order chi connectivity index (χ0) is 19.5. The molecule has 0 bridgehead atoms. The summed E-state index contributed by atoms with van der Waals surface area (Å²) in [6.07, 6.45) is 0. The Balaban J connectivity index is 1.54. The number of para-hydroxylation sites is 1. The predicted molar refractivity (Wildman–Crippen MR) is 110 cm³/mol. The van der Waals surface area contributed by atoms with E-state index in [9.17, 15) is 4.79 Å². The number of rotatable bonds is 4. The van der Waals surface area contributed by atoms with Crippen LogP contribution >= 0.6 is 11.6 Å². The van der Waals surface area contributed by atoms with Gasteiger partial charge in [0.05, 0.1) is 12.7 Å². The van der Waals surface area contributed by atoms with Gasteiger partial charge in [-0.25, -0.2) is 9.78 Å². The first-order valence-electron chi connectivity index (χ1n) is 8.50. The van der Waals surface area contributed by atoms with Crippen LogP contribution < -0.4 is 15.4 Å². The molecule has 3 aromatic carbocycles. The molecule has 140 valence electrons. The topological polar surface area (TPSA) is 76.4 Å². The second kappa shape index (κ2) is 7.62. The number of carbonyl (C=O) groups excluding carboxylic acids is 1. The minimum atomic E-state index is -0.369. The average Bonchev–Trinajstić information content (AvgIpc) is 3.13. The molecule has 0 spiro atoms. The number of urea groups is 1. The van der Waals surface area contributed by atoms with Crippen molar-refractivity contribution in [3.8, 4) is 17.2 Å². The van der Waals surface area contributed by atoms with Gasteiger partial charge in [-0.05, 0) is 48.5 Å². The van der Waals surface area contributed by atoms with Crippen molar-refractivity contribution in [3.63, 3.8) is 0 Å². The van der Waals surface area contributed by atoms with Crippen LogP contribution in [0, 0.1) is 0 Å². The molecule has 7 heteroatoms. The van der Waals surface area contributed by atoms with Gasteiger partial charge in [0, 0.05) is 22.5 Å². The number of fused-ring (bicyclic) bond motifs is 1. The van der Waals surface area contributed by atoms with E-state index in [1.165, 1.54) is 0 Å². The van der Waals surface area contributed by atoms with E-state index < -0.39 is 0 Å². The maximum absolute atomic E-state index is 12.2. The van der Waals surface area contributed by atoms with Crippen molar-refractivity contribution in [3.05, 3.63) is 71.8 Å². The van der Waals surface area contributed by atoms with Crippen molar-refractivity contribution in [2.75, 3.05) is 17.7 Å². The van der Waals surface area contributed by atoms with Crippen LogP contribution in [-0.2, 0) is 0 Å². The monoisotopic (exact) mass is 393 g/mol. The van der Waals surface area contributed by atoms with E-state index in [1.807, 2.05) is 24.3 Å². The number of carbonyl (C=O) groups is 1. The van der Waals surface area contributed by atoms with Crippen molar-refractivity contribution >= 4 is 40.1 Å².